The lowest BCUT2D eigenvalue weighted by Crippen LogP contribution is -2.34. The number of halogens is 3. The zero-order valence-corrected chi connectivity index (χ0v) is 9.58. The van der Waals surface area contributed by atoms with Crippen LogP contribution in [0.1, 0.15) is 11.6 Å². The Hall–Kier alpha value is -0.350. The van der Waals surface area contributed by atoms with Crippen molar-refractivity contribution in [3.8, 4) is 0 Å². The molecule has 1 aromatic rings. The topological polar surface area (TPSA) is 21.3 Å². The quantitative estimate of drug-likeness (QED) is 0.829. The van der Waals surface area contributed by atoms with E-state index in [9.17, 15) is 4.39 Å². The summed E-state index contributed by atoms with van der Waals surface area (Å²) >= 11 is 5.59. The molecule has 1 atom stereocenters. The van der Waals surface area contributed by atoms with E-state index in [1.807, 2.05) is 6.07 Å². The summed E-state index contributed by atoms with van der Waals surface area (Å²) in [5.74, 6) is -0.378. The third kappa shape index (κ3) is 3.05. The van der Waals surface area contributed by atoms with E-state index < -0.39 is 0 Å². The Balaban J connectivity index is 0.00000112. The fourth-order valence-corrected chi connectivity index (χ4v) is 1.63. The molecule has 0 aliphatic carbocycles. The molecule has 0 aromatic heterocycles. The van der Waals surface area contributed by atoms with Crippen LogP contribution in [0, 0.1) is 5.82 Å². The zero-order chi connectivity index (χ0) is 9.97. The lowest BCUT2D eigenvalue weighted by atomic mass is 10.1. The largest absolute Gasteiger partial charge is 0.378 e. The van der Waals surface area contributed by atoms with Crippen molar-refractivity contribution in [3.05, 3.63) is 34.6 Å². The van der Waals surface area contributed by atoms with E-state index in [0.717, 1.165) is 12.1 Å². The number of hydrogen-bond acceptors (Lipinski definition) is 2. The molecule has 1 heterocycles. The van der Waals surface area contributed by atoms with E-state index in [0.29, 0.717) is 13.2 Å². The van der Waals surface area contributed by atoms with Crippen LogP contribution in [0.5, 0.6) is 0 Å². The van der Waals surface area contributed by atoms with Gasteiger partial charge in [0.25, 0.3) is 0 Å². The Morgan fingerprint density at radius 2 is 2.27 bits per heavy atom. The minimum absolute atomic E-state index is 0. The predicted octanol–water partition coefficient (Wildman–Crippen LogP) is 2.56. The number of benzene rings is 1. The van der Waals surface area contributed by atoms with Gasteiger partial charge in [0.2, 0.25) is 0 Å². The molecule has 1 aliphatic heterocycles. The summed E-state index contributed by atoms with van der Waals surface area (Å²) in [7, 11) is 0. The van der Waals surface area contributed by atoms with Gasteiger partial charge in [-0.05, 0) is 17.7 Å². The van der Waals surface area contributed by atoms with Gasteiger partial charge in [-0.1, -0.05) is 17.7 Å². The summed E-state index contributed by atoms with van der Waals surface area (Å²) in [6.07, 6.45) is 0. The molecule has 0 amide bonds. The molecule has 0 saturated carbocycles. The molecular weight excluding hydrogens is 240 g/mol. The Morgan fingerprint density at radius 1 is 1.47 bits per heavy atom. The molecule has 0 radical (unpaired) electrons. The summed E-state index contributed by atoms with van der Waals surface area (Å²) in [5.41, 5.74) is 0.881. The minimum Gasteiger partial charge on any atom is -0.378 e. The molecule has 1 aromatic carbocycles. The lowest BCUT2D eigenvalue weighted by Gasteiger charge is -2.24. The first kappa shape index (κ1) is 12.7. The molecule has 0 unspecified atom stereocenters. The third-order valence-corrected chi connectivity index (χ3v) is 2.57. The second-order valence-electron chi connectivity index (χ2n) is 3.26. The SMILES string of the molecule is Cl.Fc1cc([C@H]2COCCN2)ccc1Cl. The van der Waals surface area contributed by atoms with Crippen LogP contribution in [0.15, 0.2) is 18.2 Å². The van der Waals surface area contributed by atoms with Gasteiger partial charge in [0.1, 0.15) is 5.82 Å². The van der Waals surface area contributed by atoms with E-state index in [4.69, 9.17) is 16.3 Å². The van der Waals surface area contributed by atoms with E-state index in [1.54, 1.807) is 6.07 Å². The maximum absolute atomic E-state index is 13.1. The highest BCUT2D eigenvalue weighted by atomic mass is 35.5. The Labute approximate surface area is 99.2 Å². The normalized spacial score (nSPS) is 20.8. The van der Waals surface area contributed by atoms with Crippen LogP contribution >= 0.6 is 24.0 Å². The molecule has 84 valence electrons. The lowest BCUT2D eigenvalue weighted by molar-refractivity contribution is 0.0768. The highest BCUT2D eigenvalue weighted by Gasteiger charge is 2.15. The van der Waals surface area contributed by atoms with Gasteiger partial charge < -0.3 is 10.1 Å². The van der Waals surface area contributed by atoms with E-state index >= 15 is 0 Å². The molecule has 1 aliphatic rings. The van der Waals surface area contributed by atoms with Crippen molar-refractivity contribution in [1.82, 2.24) is 5.32 Å². The van der Waals surface area contributed by atoms with Crippen LogP contribution in [-0.2, 0) is 4.74 Å². The van der Waals surface area contributed by atoms with Crippen LogP contribution in [-0.4, -0.2) is 19.8 Å². The van der Waals surface area contributed by atoms with E-state index in [1.165, 1.54) is 6.07 Å². The van der Waals surface area contributed by atoms with E-state index in [2.05, 4.69) is 5.32 Å². The summed E-state index contributed by atoms with van der Waals surface area (Å²) in [6.45, 7) is 2.10. The van der Waals surface area contributed by atoms with Gasteiger partial charge in [0.15, 0.2) is 0 Å². The molecule has 15 heavy (non-hydrogen) atoms. The maximum Gasteiger partial charge on any atom is 0.142 e. The van der Waals surface area contributed by atoms with Gasteiger partial charge in [-0.3, -0.25) is 0 Å². The van der Waals surface area contributed by atoms with Gasteiger partial charge in [-0.15, -0.1) is 12.4 Å². The first-order valence-electron chi connectivity index (χ1n) is 4.53. The van der Waals surface area contributed by atoms with Crippen molar-refractivity contribution >= 4 is 24.0 Å². The molecule has 1 saturated heterocycles. The number of ether oxygens (including phenoxy) is 1. The second-order valence-corrected chi connectivity index (χ2v) is 3.66. The Morgan fingerprint density at radius 3 is 2.87 bits per heavy atom. The van der Waals surface area contributed by atoms with Gasteiger partial charge in [0.05, 0.1) is 24.3 Å². The number of hydrogen-bond donors (Lipinski definition) is 1. The standard InChI is InChI=1S/C10H11ClFNO.ClH/c11-8-2-1-7(5-9(8)12)10-6-14-4-3-13-10;/h1-2,5,10,13H,3-4,6H2;1H/t10-;/m1./s1. The molecule has 1 fully saturated rings. The first-order chi connectivity index (χ1) is 6.77. The molecule has 5 heteroatoms. The fourth-order valence-electron chi connectivity index (χ4n) is 1.51. The van der Waals surface area contributed by atoms with Gasteiger partial charge in [-0.25, -0.2) is 4.39 Å². The highest BCUT2D eigenvalue weighted by molar-refractivity contribution is 6.30. The first-order valence-corrected chi connectivity index (χ1v) is 4.91. The fraction of sp³-hybridized carbons (Fsp3) is 0.400. The van der Waals surface area contributed by atoms with Gasteiger partial charge >= 0.3 is 0 Å². The minimum atomic E-state index is -0.378. The maximum atomic E-state index is 13.1. The molecule has 0 spiro atoms. The van der Waals surface area contributed by atoms with Crippen LogP contribution < -0.4 is 5.32 Å². The summed E-state index contributed by atoms with van der Waals surface area (Å²) in [6, 6.07) is 4.92. The second kappa shape index (κ2) is 5.66. The average Bonchev–Trinajstić information content (AvgIpc) is 2.23. The highest BCUT2D eigenvalue weighted by Crippen LogP contribution is 2.21. The predicted molar refractivity (Wildman–Crippen MR) is 60.2 cm³/mol. The monoisotopic (exact) mass is 251 g/mol. The van der Waals surface area contributed by atoms with Crippen LogP contribution in [0.25, 0.3) is 0 Å². The van der Waals surface area contributed by atoms with Gasteiger partial charge in [0, 0.05) is 6.54 Å². The van der Waals surface area contributed by atoms with Crippen molar-refractivity contribution in [3.63, 3.8) is 0 Å². The molecule has 1 N–H and O–H groups in total. The number of morpholine rings is 1. The van der Waals surface area contributed by atoms with Crippen molar-refractivity contribution in [2.45, 2.75) is 6.04 Å². The van der Waals surface area contributed by atoms with Crippen LogP contribution in [0.4, 0.5) is 4.39 Å². The third-order valence-electron chi connectivity index (χ3n) is 2.27. The number of nitrogens with one attached hydrogen (secondary N) is 1. The van der Waals surface area contributed by atoms with E-state index in [-0.39, 0.29) is 29.3 Å². The van der Waals surface area contributed by atoms with Crippen LogP contribution in [0.3, 0.4) is 0 Å². The number of rotatable bonds is 1. The van der Waals surface area contributed by atoms with Gasteiger partial charge in [-0.2, -0.15) is 0 Å². The van der Waals surface area contributed by atoms with Crippen molar-refractivity contribution < 1.29 is 9.13 Å². The molecular formula is C10H12Cl2FNO. The molecule has 2 rings (SSSR count). The summed E-state index contributed by atoms with van der Waals surface area (Å²) in [4.78, 5) is 0. The molecule has 0 bridgehead atoms. The summed E-state index contributed by atoms with van der Waals surface area (Å²) in [5, 5.41) is 3.41. The zero-order valence-electron chi connectivity index (χ0n) is 8.00. The van der Waals surface area contributed by atoms with Crippen molar-refractivity contribution in [1.29, 1.82) is 0 Å². The molecule has 2 nitrogen and oxygen atoms in total. The smallest absolute Gasteiger partial charge is 0.142 e. The summed E-state index contributed by atoms with van der Waals surface area (Å²) < 4.78 is 18.4. The average molecular weight is 252 g/mol. The Kier molecular flexibility index (Phi) is 4.80. The van der Waals surface area contributed by atoms with Crippen molar-refractivity contribution in [2.75, 3.05) is 19.8 Å². The van der Waals surface area contributed by atoms with Crippen molar-refractivity contribution in [2.24, 2.45) is 0 Å². The Bertz CT molecular complexity index is 329. The van der Waals surface area contributed by atoms with Crippen LogP contribution in [0.2, 0.25) is 5.02 Å².